The molecule has 4 N–H and O–H groups in total. The topological polar surface area (TPSA) is 91.2 Å². The number of pyridine rings is 1. The molecule has 0 saturated heterocycles. The van der Waals surface area contributed by atoms with Crippen LogP contribution in [0.1, 0.15) is 35.3 Å². The average Bonchev–Trinajstić information content (AvgIpc) is 2.48. The molecule has 0 aliphatic rings. The summed E-state index contributed by atoms with van der Waals surface area (Å²) in [7, 11) is 0. The summed E-state index contributed by atoms with van der Waals surface area (Å²) in [5, 5.41) is 0. The number of primary amides is 1. The first-order valence-electron chi connectivity index (χ1n) is 6.39. The molecule has 0 spiro atoms. The fourth-order valence-corrected chi connectivity index (χ4v) is 1.73. The molecule has 20 heavy (non-hydrogen) atoms. The molecule has 1 aromatic carbocycles. The number of hydrogen-bond acceptors (Lipinski definition) is 4. The lowest BCUT2D eigenvalue weighted by molar-refractivity contribution is 0.1000. The number of aromatic nitrogens is 1. The van der Waals surface area contributed by atoms with Gasteiger partial charge in [0, 0.05) is 18.3 Å². The van der Waals surface area contributed by atoms with Gasteiger partial charge in [0.05, 0.1) is 5.56 Å². The minimum absolute atomic E-state index is 0.0389. The Morgan fingerprint density at radius 3 is 2.45 bits per heavy atom. The molecule has 1 atom stereocenters. The van der Waals surface area contributed by atoms with Crippen molar-refractivity contribution in [1.82, 2.24) is 4.98 Å². The van der Waals surface area contributed by atoms with E-state index < -0.39 is 5.91 Å². The Morgan fingerprint density at radius 1 is 1.25 bits per heavy atom. The Balaban J connectivity index is 2.08. The second-order valence-electron chi connectivity index (χ2n) is 4.44. The van der Waals surface area contributed by atoms with Crippen LogP contribution < -0.4 is 16.2 Å². The van der Waals surface area contributed by atoms with Crippen LogP contribution in [0, 0.1) is 0 Å². The third kappa shape index (κ3) is 3.33. The van der Waals surface area contributed by atoms with Crippen molar-refractivity contribution in [2.45, 2.75) is 19.4 Å². The van der Waals surface area contributed by atoms with Crippen molar-refractivity contribution < 1.29 is 9.53 Å². The molecule has 1 amide bonds. The van der Waals surface area contributed by atoms with Gasteiger partial charge < -0.3 is 16.2 Å². The molecule has 5 heteroatoms. The first-order chi connectivity index (χ1) is 9.60. The zero-order valence-corrected chi connectivity index (χ0v) is 11.2. The quantitative estimate of drug-likeness (QED) is 0.873. The van der Waals surface area contributed by atoms with E-state index in [-0.39, 0.29) is 6.04 Å². The van der Waals surface area contributed by atoms with Gasteiger partial charge in [-0.25, -0.2) is 4.98 Å². The number of carbonyl (C=O) groups excluding carboxylic acids is 1. The molecule has 1 aromatic heterocycles. The van der Waals surface area contributed by atoms with Crippen molar-refractivity contribution in [3.8, 4) is 11.6 Å². The van der Waals surface area contributed by atoms with Gasteiger partial charge in [-0.15, -0.1) is 0 Å². The average molecular weight is 271 g/mol. The molecule has 104 valence electrons. The third-order valence-electron chi connectivity index (χ3n) is 2.99. The molecular weight excluding hydrogens is 254 g/mol. The van der Waals surface area contributed by atoms with E-state index in [1.165, 1.54) is 6.20 Å². The second kappa shape index (κ2) is 6.16. The number of carbonyl (C=O) groups is 1. The summed E-state index contributed by atoms with van der Waals surface area (Å²) < 4.78 is 5.58. The summed E-state index contributed by atoms with van der Waals surface area (Å²) >= 11 is 0. The molecule has 5 nitrogen and oxygen atoms in total. The van der Waals surface area contributed by atoms with Crippen molar-refractivity contribution in [1.29, 1.82) is 0 Å². The van der Waals surface area contributed by atoms with E-state index in [2.05, 4.69) is 4.98 Å². The summed E-state index contributed by atoms with van der Waals surface area (Å²) in [6.45, 7) is 2.04. The molecule has 0 aliphatic heterocycles. The van der Waals surface area contributed by atoms with E-state index in [9.17, 15) is 4.79 Å². The molecule has 0 fully saturated rings. The van der Waals surface area contributed by atoms with Gasteiger partial charge >= 0.3 is 0 Å². The Hall–Kier alpha value is -2.40. The van der Waals surface area contributed by atoms with Crippen molar-refractivity contribution in [2.24, 2.45) is 11.5 Å². The summed E-state index contributed by atoms with van der Waals surface area (Å²) in [6, 6.07) is 10.8. The Bertz CT molecular complexity index is 579. The van der Waals surface area contributed by atoms with Crippen LogP contribution in [0.5, 0.6) is 11.6 Å². The lowest BCUT2D eigenvalue weighted by atomic mass is 10.1. The first kappa shape index (κ1) is 14.0. The van der Waals surface area contributed by atoms with Crippen LogP contribution in [0.2, 0.25) is 0 Å². The standard InChI is InChI=1S/C15H17N3O2/c1-2-13(16)10-3-6-12(7-4-10)20-14-8-5-11(9-18-14)15(17)19/h3-9,13H,2,16H2,1H3,(H2,17,19). The van der Waals surface area contributed by atoms with Crippen LogP contribution >= 0.6 is 0 Å². The molecule has 0 aliphatic carbocycles. The molecule has 2 rings (SSSR count). The summed E-state index contributed by atoms with van der Waals surface area (Å²) in [5.41, 5.74) is 12.5. The van der Waals surface area contributed by atoms with Crippen molar-refractivity contribution in [2.75, 3.05) is 0 Å². The fraction of sp³-hybridized carbons (Fsp3) is 0.200. The normalized spacial score (nSPS) is 11.9. The van der Waals surface area contributed by atoms with Crippen molar-refractivity contribution in [3.63, 3.8) is 0 Å². The number of nitrogens with two attached hydrogens (primary N) is 2. The van der Waals surface area contributed by atoms with Gasteiger partial charge in [-0.05, 0) is 30.2 Å². The maximum atomic E-state index is 10.9. The van der Waals surface area contributed by atoms with Crippen LogP contribution in [0.15, 0.2) is 42.6 Å². The molecule has 2 aromatic rings. The second-order valence-corrected chi connectivity index (χ2v) is 4.44. The van der Waals surface area contributed by atoms with E-state index in [0.29, 0.717) is 17.2 Å². The molecule has 1 unspecified atom stereocenters. The van der Waals surface area contributed by atoms with Gasteiger partial charge in [0.15, 0.2) is 0 Å². The van der Waals surface area contributed by atoms with Gasteiger partial charge in [0.25, 0.3) is 0 Å². The van der Waals surface area contributed by atoms with Gasteiger partial charge in [0.2, 0.25) is 11.8 Å². The lowest BCUT2D eigenvalue weighted by Crippen LogP contribution is -2.10. The van der Waals surface area contributed by atoms with Crippen molar-refractivity contribution in [3.05, 3.63) is 53.7 Å². The Kier molecular flexibility index (Phi) is 4.32. The van der Waals surface area contributed by atoms with Gasteiger partial charge in [-0.3, -0.25) is 4.79 Å². The number of rotatable bonds is 5. The molecular formula is C15H17N3O2. The van der Waals surface area contributed by atoms with Gasteiger partial charge in [-0.1, -0.05) is 19.1 Å². The Morgan fingerprint density at radius 2 is 1.95 bits per heavy atom. The predicted molar refractivity (Wildman–Crippen MR) is 76.5 cm³/mol. The summed E-state index contributed by atoms with van der Waals surface area (Å²) in [5.74, 6) is 0.556. The van der Waals surface area contributed by atoms with Gasteiger partial charge in [0.1, 0.15) is 5.75 Å². The zero-order chi connectivity index (χ0) is 14.5. The monoisotopic (exact) mass is 271 g/mol. The third-order valence-corrected chi connectivity index (χ3v) is 2.99. The van der Waals surface area contributed by atoms with Crippen LogP contribution in [-0.4, -0.2) is 10.9 Å². The van der Waals surface area contributed by atoms with E-state index in [1.54, 1.807) is 12.1 Å². The van der Waals surface area contributed by atoms with Crippen LogP contribution in [-0.2, 0) is 0 Å². The highest BCUT2D eigenvalue weighted by Gasteiger charge is 2.05. The molecule has 1 heterocycles. The predicted octanol–water partition coefficient (Wildman–Crippen LogP) is 2.38. The molecule has 0 saturated carbocycles. The van der Waals surface area contributed by atoms with E-state index in [1.807, 2.05) is 31.2 Å². The highest BCUT2D eigenvalue weighted by atomic mass is 16.5. The van der Waals surface area contributed by atoms with Crippen molar-refractivity contribution >= 4 is 5.91 Å². The summed E-state index contributed by atoms with van der Waals surface area (Å²) in [6.07, 6.45) is 2.27. The number of nitrogens with zero attached hydrogens (tertiary/aromatic N) is 1. The van der Waals surface area contributed by atoms with E-state index in [0.717, 1.165) is 12.0 Å². The van der Waals surface area contributed by atoms with Crippen LogP contribution in [0.25, 0.3) is 0 Å². The molecule has 0 bridgehead atoms. The highest BCUT2D eigenvalue weighted by molar-refractivity contribution is 5.92. The van der Waals surface area contributed by atoms with Crippen LogP contribution in [0.4, 0.5) is 0 Å². The minimum Gasteiger partial charge on any atom is -0.439 e. The fourth-order valence-electron chi connectivity index (χ4n) is 1.73. The SMILES string of the molecule is CCC(N)c1ccc(Oc2ccc(C(N)=O)cn2)cc1. The zero-order valence-electron chi connectivity index (χ0n) is 11.2. The lowest BCUT2D eigenvalue weighted by Gasteiger charge is -2.10. The summed E-state index contributed by atoms with van der Waals surface area (Å²) in [4.78, 5) is 15.0. The van der Waals surface area contributed by atoms with Crippen LogP contribution in [0.3, 0.4) is 0 Å². The Labute approximate surface area is 117 Å². The number of amides is 1. The maximum absolute atomic E-state index is 10.9. The largest absolute Gasteiger partial charge is 0.439 e. The number of benzene rings is 1. The van der Waals surface area contributed by atoms with E-state index >= 15 is 0 Å². The number of hydrogen-bond donors (Lipinski definition) is 2. The highest BCUT2D eigenvalue weighted by Crippen LogP contribution is 2.22. The maximum Gasteiger partial charge on any atom is 0.250 e. The number of ether oxygens (including phenoxy) is 1. The smallest absolute Gasteiger partial charge is 0.250 e. The van der Waals surface area contributed by atoms with E-state index in [4.69, 9.17) is 16.2 Å². The first-order valence-corrected chi connectivity index (χ1v) is 6.39. The van der Waals surface area contributed by atoms with Gasteiger partial charge in [-0.2, -0.15) is 0 Å². The minimum atomic E-state index is -0.512. The molecule has 0 radical (unpaired) electrons.